The van der Waals surface area contributed by atoms with Gasteiger partial charge in [0.25, 0.3) is 0 Å². The van der Waals surface area contributed by atoms with Crippen LogP contribution in [0.5, 0.6) is 0 Å². The Balaban J connectivity index is 2.42. The van der Waals surface area contributed by atoms with Crippen molar-refractivity contribution >= 4 is 18.1 Å². The van der Waals surface area contributed by atoms with Crippen molar-refractivity contribution in [1.29, 1.82) is 0 Å². The van der Waals surface area contributed by atoms with Crippen molar-refractivity contribution in [2.45, 2.75) is 63.9 Å². The van der Waals surface area contributed by atoms with Gasteiger partial charge in [0, 0.05) is 11.7 Å². The zero-order valence-electron chi connectivity index (χ0n) is 14.1. The fourth-order valence-corrected chi connectivity index (χ4v) is 8.79. The minimum absolute atomic E-state index is 0.0251. The van der Waals surface area contributed by atoms with Crippen molar-refractivity contribution < 1.29 is 8.42 Å². The second-order valence-electron chi connectivity index (χ2n) is 8.27. The van der Waals surface area contributed by atoms with Crippen molar-refractivity contribution in [2.24, 2.45) is 5.41 Å². The fraction of sp³-hybridized carbons (Fsp3) is 0.625. The van der Waals surface area contributed by atoms with Crippen LogP contribution >= 0.6 is 0 Å². The van der Waals surface area contributed by atoms with Gasteiger partial charge in [0.05, 0.1) is 13.0 Å². The highest BCUT2D eigenvalue weighted by molar-refractivity contribution is 7.89. The van der Waals surface area contributed by atoms with Crippen molar-refractivity contribution in [3.05, 3.63) is 29.8 Å². The molecule has 0 spiro atoms. The Kier molecular flexibility index (Phi) is 3.92. The predicted molar refractivity (Wildman–Crippen MR) is 90.6 cm³/mol. The van der Waals surface area contributed by atoms with E-state index in [0.29, 0.717) is 4.90 Å². The second kappa shape index (κ2) is 4.93. The molecule has 0 amide bonds. The monoisotopic (exact) mass is 325 g/mol. The van der Waals surface area contributed by atoms with E-state index in [-0.39, 0.29) is 17.1 Å². The van der Waals surface area contributed by atoms with Gasteiger partial charge >= 0.3 is 0 Å². The molecule has 0 aromatic heterocycles. The van der Waals surface area contributed by atoms with Crippen LogP contribution in [0.25, 0.3) is 0 Å². The predicted octanol–water partition coefficient (Wildman–Crippen LogP) is 3.66. The first kappa shape index (κ1) is 16.7. The van der Waals surface area contributed by atoms with E-state index in [9.17, 15) is 8.42 Å². The standard InChI is InChI=1S/C16H27NO2SSi/c1-12-8-10-13(11-9-12)20(18,19)17-14(16(2,3)4)15(17)21(5,6)7/h8-11,14-15H,1-7H3/t14-,15-,17?/m1/s1. The van der Waals surface area contributed by atoms with Gasteiger partial charge in [0.15, 0.2) is 0 Å². The summed E-state index contributed by atoms with van der Waals surface area (Å²) in [6.45, 7) is 15.1. The highest BCUT2D eigenvalue weighted by Gasteiger charge is 2.64. The zero-order valence-corrected chi connectivity index (χ0v) is 16.0. The summed E-state index contributed by atoms with van der Waals surface area (Å²) in [5.74, 6) is 0. The molecule has 1 aromatic rings. The minimum atomic E-state index is -3.38. The van der Waals surface area contributed by atoms with Gasteiger partial charge in [0.2, 0.25) is 10.0 Å². The summed E-state index contributed by atoms with van der Waals surface area (Å²) in [7, 11) is -4.95. The van der Waals surface area contributed by atoms with Crippen molar-refractivity contribution in [2.75, 3.05) is 0 Å². The molecule has 3 nitrogen and oxygen atoms in total. The maximum absolute atomic E-state index is 13.0. The fourth-order valence-electron chi connectivity index (χ4n) is 3.05. The van der Waals surface area contributed by atoms with Crippen LogP contribution in [0.2, 0.25) is 19.6 Å². The number of nitrogens with zero attached hydrogens (tertiary/aromatic N) is 1. The summed E-state index contributed by atoms with van der Waals surface area (Å²) in [4.78, 5) is 0.420. The van der Waals surface area contributed by atoms with Crippen LogP contribution in [0.15, 0.2) is 29.2 Å². The van der Waals surface area contributed by atoms with E-state index < -0.39 is 18.1 Å². The van der Waals surface area contributed by atoms with Crippen molar-refractivity contribution in [3.8, 4) is 0 Å². The number of hydrogen-bond acceptors (Lipinski definition) is 2. The summed E-state index contributed by atoms with van der Waals surface area (Å²) in [5.41, 5.74) is 1.25. The molecule has 118 valence electrons. The van der Waals surface area contributed by atoms with Gasteiger partial charge in [-0.25, -0.2) is 8.42 Å². The van der Waals surface area contributed by atoms with Crippen LogP contribution in [0.1, 0.15) is 26.3 Å². The number of rotatable bonds is 3. The molecule has 1 unspecified atom stereocenters. The lowest BCUT2D eigenvalue weighted by Crippen LogP contribution is -2.34. The van der Waals surface area contributed by atoms with E-state index in [2.05, 4.69) is 40.4 Å². The molecular weight excluding hydrogens is 298 g/mol. The third kappa shape index (κ3) is 3.10. The quantitative estimate of drug-likeness (QED) is 0.628. The van der Waals surface area contributed by atoms with Gasteiger partial charge in [-0.1, -0.05) is 58.1 Å². The summed E-state index contributed by atoms with van der Waals surface area (Å²) in [6, 6.07) is 7.31. The van der Waals surface area contributed by atoms with E-state index in [1.807, 2.05) is 19.1 Å². The summed E-state index contributed by atoms with van der Waals surface area (Å²) >= 11 is 0. The van der Waals surface area contributed by atoms with Crippen molar-refractivity contribution in [1.82, 2.24) is 4.31 Å². The van der Waals surface area contributed by atoms with Crippen LogP contribution < -0.4 is 0 Å². The van der Waals surface area contributed by atoms with E-state index >= 15 is 0 Å². The van der Waals surface area contributed by atoms with Crippen LogP contribution in [0, 0.1) is 12.3 Å². The molecule has 0 aliphatic carbocycles. The number of aryl methyl sites for hydroxylation is 1. The molecule has 0 bridgehead atoms. The molecule has 0 radical (unpaired) electrons. The highest BCUT2D eigenvalue weighted by atomic mass is 32.2. The third-order valence-corrected chi connectivity index (χ3v) is 8.56. The Labute approximate surface area is 130 Å². The molecule has 1 aliphatic rings. The summed E-state index contributed by atoms with van der Waals surface area (Å²) < 4.78 is 27.7. The average Bonchev–Trinajstić information content (AvgIpc) is 3.04. The smallest absolute Gasteiger partial charge is 0.207 e. The van der Waals surface area contributed by atoms with Gasteiger partial charge in [0.1, 0.15) is 0 Å². The van der Waals surface area contributed by atoms with Crippen LogP contribution in [0.4, 0.5) is 0 Å². The third-order valence-electron chi connectivity index (χ3n) is 4.13. The SMILES string of the molecule is Cc1ccc(S(=O)(=O)N2[C@H]([Si](C)(C)C)[C@@H]2C(C)(C)C)cc1. The first-order chi connectivity index (χ1) is 9.37. The number of hydrogen-bond donors (Lipinski definition) is 0. The molecule has 21 heavy (non-hydrogen) atoms. The minimum Gasteiger partial charge on any atom is -0.207 e. The van der Waals surface area contributed by atoms with Gasteiger partial charge < -0.3 is 0 Å². The topological polar surface area (TPSA) is 37.1 Å². The van der Waals surface area contributed by atoms with Gasteiger partial charge in [-0.05, 0) is 24.5 Å². The van der Waals surface area contributed by atoms with E-state index in [1.165, 1.54) is 0 Å². The first-order valence-corrected chi connectivity index (χ1v) is 12.5. The molecule has 5 heteroatoms. The molecule has 1 saturated heterocycles. The molecule has 1 aromatic carbocycles. The van der Waals surface area contributed by atoms with Gasteiger partial charge in [-0.3, -0.25) is 0 Å². The van der Waals surface area contributed by atoms with E-state index in [0.717, 1.165) is 5.56 Å². The lowest BCUT2D eigenvalue weighted by atomic mass is 9.92. The molecule has 0 N–H and O–H groups in total. The van der Waals surface area contributed by atoms with E-state index in [4.69, 9.17) is 0 Å². The Morgan fingerprint density at radius 3 is 1.86 bits per heavy atom. The largest absolute Gasteiger partial charge is 0.243 e. The van der Waals surface area contributed by atoms with Gasteiger partial charge in [-0.15, -0.1) is 0 Å². The summed E-state index contributed by atoms with van der Waals surface area (Å²) in [6.07, 6.45) is 0. The van der Waals surface area contributed by atoms with Crippen LogP contribution in [0.3, 0.4) is 0 Å². The zero-order chi connectivity index (χ0) is 16.2. The molecule has 2 rings (SSSR count). The van der Waals surface area contributed by atoms with Gasteiger partial charge in [-0.2, -0.15) is 4.31 Å². The van der Waals surface area contributed by atoms with Crippen LogP contribution in [-0.4, -0.2) is 32.5 Å². The maximum atomic E-state index is 13.0. The number of sulfonamides is 1. The Bertz CT molecular complexity index is 604. The first-order valence-electron chi connectivity index (χ1n) is 7.47. The summed E-state index contributed by atoms with van der Waals surface area (Å²) in [5, 5.41) is 0. The molecule has 1 aliphatic heterocycles. The molecule has 1 heterocycles. The second-order valence-corrected chi connectivity index (χ2v) is 15.4. The molecular formula is C16H27NO2SSi. The maximum Gasteiger partial charge on any atom is 0.243 e. The normalized spacial score (nSPS) is 26.7. The lowest BCUT2D eigenvalue weighted by Gasteiger charge is -2.20. The number of benzene rings is 1. The molecule has 0 saturated carbocycles. The molecule has 1 fully saturated rings. The highest BCUT2D eigenvalue weighted by Crippen LogP contribution is 2.49. The van der Waals surface area contributed by atoms with E-state index in [1.54, 1.807) is 16.4 Å². The Morgan fingerprint density at radius 2 is 1.52 bits per heavy atom. The Morgan fingerprint density at radius 1 is 1.05 bits per heavy atom. The van der Waals surface area contributed by atoms with Crippen LogP contribution in [-0.2, 0) is 10.0 Å². The average molecular weight is 326 g/mol. The molecule has 3 atom stereocenters. The lowest BCUT2D eigenvalue weighted by molar-refractivity contribution is 0.370. The Hall–Kier alpha value is -0.653. The van der Waals surface area contributed by atoms with Crippen molar-refractivity contribution in [3.63, 3.8) is 0 Å².